The standard InChI is InChI=1S/C19H25N5S/c1-12-15(16-7-5-6-8-17(16)24-12)9-10-21-19(20-4)22-11-18-13(2)23-14(3)25-18/h5-8,24H,9-11H2,1-4H3,(H2,20,21,22). The number of benzene rings is 1. The Morgan fingerprint density at radius 3 is 2.72 bits per heavy atom. The summed E-state index contributed by atoms with van der Waals surface area (Å²) in [5.41, 5.74) is 4.91. The van der Waals surface area contributed by atoms with Gasteiger partial charge >= 0.3 is 0 Å². The van der Waals surface area contributed by atoms with Crippen molar-refractivity contribution in [3.8, 4) is 0 Å². The number of aromatic nitrogens is 2. The van der Waals surface area contributed by atoms with Gasteiger partial charge in [0.2, 0.25) is 0 Å². The Morgan fingerprint density at radius 1 is 1.20 bits per heavy atom. The second kappa shape index (κ2) is 7.70. The van der Waals surface area contributed by atoms with Gasteiger partial charge in [0.05, 0.1) is 17.2 Å². The first-order valence-corrected chi connectivity index (χ1v) is 9.33. The third-order valence-corrected chi connectivity index (χ3v) is 5.41. The summed E-state index contributed by atoms with van der Waals surface area (Å²) in [7, 11) is 1.80. The van der Waals surface area contributed by atoms with Gasteiger partial charge in [0.15, 0.2) is 5.96 Å². The van der Waals surface area contributed by atoms with Crippen LogP contribution in [0.15, 0.2) is 29.3 Å². The summed E-state index contributed by atoms with van der Waals surface area (Å²) in [5.74, 6) is 0.822. The zero-order valence-corrected chi connectivity index (χ0v) is 16.0. The second-order valence-electron chi connectivity index (χ2n) is 6.12. The number of hydrogen-bond donors (Lipinski definition) is 3. The maximum atomic E-state index is 4.46. The van der Waals surface area contributed by atoms with Crippen LogP contribution in [0.2, 0.25) is 0 Å². The van der Waals surface area contributed by atoms with Crippen LogP contribution in [0.1, 0.15) is 26.8 Å². The molecule has 2 heterocycles. The van der Waals surface area contributed by atoms with Crippen LogP contribution in [0.25, 0.3) is 10.9 Å². The Kier molecular flexibility index (Phi) is 5.38. The van der Waals surface area contributed by atoms with Gasteiger partial charge in [-0.05, 0) is 38.8 Å². The Labute approximate surface area is 152 Å². The fourth-order valence-corrected chi connectivity index (χ4v) is 3.96. The summed E-state index contributed by atoms with van der Waals surface area (Å²) in [5, 5.41) is 9.19. The lowest BCUT2D eigenvalue weighted by Crippen LogP contribution is -2.37. The van der Waals surface area contributed by atoms with Gasteiger partial charge in [-0.2, -0.15) is 0 Å². The number of fused-ring (bicyclic) bond motifs is 1. The molecule has 0 unspecified atom stereocenters. The molecule has 0 aliphatic carbocycles. The summed E-state index contributed by atoms with van der Waals surface area (Å²) in [6.07, 6.45) is 0.954. The number of nitrogens with one attached hydrogen (secondary N) is 3. The third kappa shape index (κ3) is 4.02. The van der Waals surface area contributed by atoms with E-state index in [2.05, 4.69) is 63.7 Å². The summed E-state index contributed by atoms with van der Waals surface area (Å²) >= 11 is 1.73. The molecular weight excluding hydrogens is 330 g/mol. The van der Waals surface area contributed by atoms with Crippen molar-refractivity contribution in [3.63, 3.8) is 0 Å². The number of rotatable bonds is 5. The number of aryl methyl sites for hydroxylation is 3. The molecule has 0 saturated heterocycles. The number of para-hydroxylation sites is 1. The largest absolute Gasteiger partial charge is 0.358 e. The molecule has 0 atom stereocenters. The zero-order chi connectivity index (χ0) is 17.8. The number of aromatic amines is 1. The van der Waals surface area contributed by atoms with Gasteiger partial charge in [0.1, 0.15) is 0 Å². The van der Waals surface area contributed by atoms with Crippen LogP contribution >= 0.6 is 11.3 Å². The molecule has 0 aliphatic heterocycles. The first-order chi connectivity index (χ1) is 12.1. The van der Waals surface area contributed by atoms with E-state index in [-0.39, 0.29) is 0 Å². The molecule has 1 aromatic carbocycles. The number of thiazole rings is 1. The summed E-state index contributed by atoms with van der Waals surface area (Å²) in [6, 6.07) is 8.46. The lowest BCUT2D eigenvalue weighted by atomic mass is 10.1. The van der Waals surface area contributed by atoms with E-state index in [4.69, 9.17) is 0 Å². The molecule has 0 fully saturated rings. The SMILES string of the molecule is CN=C(NCCc1c(C)[nH]c2ccccc12)NCc1sc(C)nc1C. The predicted octanol–water partition coefficient (Wildman–Crippen LogP) is 3.46. The van der Waals surface area contributed by atoms with Crippen molar-refractivity contribution in [2.45, 2.75) is 33.7 Å². The van der Waals surface area contributed by atoms with Gasteiger partial charge in [-0.1, -0.05) is 18.2 Å². The minimum absolute atomic E-state index is 0.753. The van der Waals surface area contributed by atoms with E-state index in [0.717, 1.165) is 36.2 Å². The van der Waals surface area contributed by atoms with E-state index >= 15 is 0 Å². The molecule has 0 saturated carbocycles. The number of H-pyrrole nitrogens is 1. The highest BCUT2D eigenvalue weighted by Gasteiger charge is 2.09. The maximum absolute atomic E-state index is 4.46. The summed E-state index contributed by atoms with van der Waals surface area (Å²) in [6.45, 7) is 7.82. The molecule has 5 nitrogen and oxygen atoms in total. The van der Waals surface area contributed by atoms with Gasteiger partial charge < -0.3 is 15.6 Å². The van der Waals surface area contributed by atoms with Crippen LogP contribution in [0.4, 0.5) is 0 Å². The molecule has 0 aliphatic rings. The Bertz CT molecular complexity index is 890. The molecule has 3 N–H and O–H groups in total. The van der Waals surface area contributed by atoms with Gasteiger partial charge in [0.25, 0.3) is 0 Å². The van der Waals surface area contributed by atoms with Crippen LogP contribution in [-0.2, 0) is 13.0 Å². The number of nitrogens with zero attached hydrogens (tertiary/aromatic N) is 2. The molecule has 3 rings (SSSR count). The monoisotopic (exact) mass is 355 g/mol. The fourth-order valence-electron chi connectivity index (χ4n) is 3.08. The predicted molar refractivity (Wildman–Crippen MR) is 107 cm³/mol. The number of aliphatic imine (C=N–C) groups is 1. The van der Waals surface area contributed by atoms with E-state index in [1.54, 1.807) is 18.4 Å². The maximum Gasteiger partial charge on any atom is 0.191 e. The topological polar surface area (TPSA) is 65.1 Å². The van der Waals surface area contributed by atoms with Crippen molar-refractivity contribution in [2.24, 2.45) is 4.99 Å². The van der Waals surface area contributed by atoms with E-state index in [1.165, 1.54) is 27.0 Å². The molecule has 0 radical (unpaired) electrons. The van der Waals surface area contributed by atoms with Gasteiger partial charge in [0, 0.05) is 35.1 Å². The van der Waals surface area contributed by atoms with Crippen LogP contribution in [0.3, 0.4) is 0 Å². The van der Waals surface area contributed by atoms with Crippen molar-refractivity contribution in [3.05, 3.63) is 51.1 Å². The Hall–Kier alpha value is -2.34. The van der Waals surface area contributed by atoms with Gasteiger partial charge in [-0.3, -0.25) is 4.99 Å². The van der Waals surface area contributed by atoms with Gasteiger partial charge in [-0.15, -0.1) is 11.3 Å². The number of guanidine groups is 1. The van der Waals surface area contributed by atoms with E-state index in [1.807, 2.05) is 6.92 Å². The molecule has 3 aromatic rings. The average Bonchev–Trinajstić information content (AvgIpc) is 3.09. The van der Waals surface area contributed by atoms with Crippen molar-refractivity contribution in [1.29, 1.82) is 0 Å². The minimum Gasteiger partial charge on any atom is -0.358 e. The normalized spacial score (nSPS) is 11.9. The first kappa shape index (κ1) is 17.5. The zero-order valence-electron chi connectivity index (χ0n) is 15.2. The molecular formula is C19H25N5S. The van der Waals surface area contributed by atoms with E-state index in [9.17, 15) is 0 Å². The van der Waals surface area contributed by atoms with Gasteiger partial charge in [-0.25, -0.2) is 4.98 Å². The lowest BCUT2D eigenvalue weighted by Gasteiger charge is -2.11. The average molecular weight is 356 g/mol. The molecule has 2 aromatic heterocycles. The smallest absolute Gasteiger partial charge is 0.191 e. The molecule has 0 spiro atoms. The van der Waals surface area contributed by atoms with E-state index in [0.29, 0.717) is 0 Å². The van der Waals surface area contributed by atoms with Crippen molar-refractivity contribution < 1.29 is 0 Å². The quantitative estimate of drug-likeness (QED) is 0.485. The highest BCUT2D eigenvalue weighted by atomic mass is 32.1. The molecule has 6 heteroatoms. The third-order valence-electron chi connectivity index (χ3n) is 4.33. The van der Waals surface area contributed by atoms with Crippen LogP contribution in [0.5, 0.6) is 0 Å². The molecule has 132 valence electrons. The Balaban J connectivity index is 1.56. The van der Waals surface area contributed by atoms with E-state index < -0.39 is 0 Å². The molecule has 0 amide bonds. The van der Waals surface area contributed by atoms with Crippen molar-refractivity contribution in [1.82, 2.24) is 20.6 Å². The van der Waals surface area contributed by atoms with Crippen LogP contribution in [-0.4, -0.2) is 29.5 Å². The van der Waals surface area contributed by atoms with Crippen molar-refractivity contribution in [2.75, 3.05) is 13.6 Å². The number of hydrogen-bond acceptors (Lipinski definition) is 3. The molecule has 0 bridgehead atoms. The van der Waals surface area contributed by atoms with Crippen molar-refractivity contribution >= 4 is 28.2 Å². The Morgan fingerprint density at radius 2 is 2.00 bits per heavy atom. The second-order valence-corrected chi connectivity index (χ2v) is 7.41. The highest BCUT2D eigenvalue weighted by molar-refractivity contribution is 7.11. The highest BCUT2D eigenvalue weighted by Crippen LogP contribution is 2.22. The first-order valence-electron chi connectivity index (χ1n) is 8.52. The van der Waals surface area contributed by atoms with Crippen LogP contribution < -0.4 is 10.6 Å². The molecule has 25 heavy (non-hydrogen) atoms. The minimum atomic E-state index is 0.753. The summed E-state index contributed by atoms with van der Waals surface area (Å²) in [4.78, 5) is 13.5. The lowest BCUT2D eigenvalue weighted by molar-refractivity contribution is 0.796. The summed E-state index contributed by atoms with van der Waals surface area (Å²) < 4.78 is 0. The fraction of sp³-hybridized carbons (Fsp3) is 0.368. The van der Waals surface area contributed by atoms with Crippen LogP contribution in [0, 0.1) is 20.8 Å².